The highest BCUT2D eigenvalue weighted by Gasteiger charge is 2.09. The maximum atomic E-state index is 12.2. The molecule has 0 saturated carbocycles. The molecule has 126 valence electrons. The number of anilines is 1. The Hall–Kier alpha value is -3.48. The van der Waals surface area contributed by atoms with Crippen molar-refractivity contribution in [3.8, 4) is 17.0 Å². The number of carbonyl (C=O) groups is 1. The molecule has 0 spiro atoms. The summed E-state index contributed by atoms with van der Waals surface area (Å²) in [5.74, 6) is 0.280. The Morgan fingerprint density at radius 3 is 2.72 bits per heavy atom. The molecule has 0 atom stereocenters. The number of benzene rings is 1. The van der Waals surface area contributed by atoms with Crippen LogP contribution >= 0.6 is 0 Å². The van der Waals surface area contributed by atoms with Gasteiger partial charge in [-0.1, -0.05) is 6.07 Å². The van der Waals surface area contributed by atoms with Crippen LogP contribution in [0, 0.1) is 0 Å². The normalized spacial score (nSPS) is 10.3. The van der Waals surface area contributed by atoms with E-state index in [4.69, 9.17) is 4.74 Å². The van der Waals surface area contributed by atoms with Gasteiger partial charge in [-0.25, -0.2) is 4.68 Å². The van der Waals surface area contributed by atoms with E-state index in [9.17, 15) is 9.59 Å². The van der Waals surface area contributed by atoms with E-state index in [1.165, 1.54) is 6.07 Å². The summed E-state index contributed by atoms with van der Waals surface area (Å²) in [7, 11) is 1.55. The number of nitrogens with zero attached hydrogens (tertiary/aromatic N) is 3. The molecule has 2 heterocycles. The quantitative estimate of drug-likeness (QED) is 0.770. The lowest BCUT2D eigenvalue weighted by Crippen LogP contribution is -2.29. The van der Waals surface area contributed by atoms with Crippen molar-refractivity contribution in [2.45, 2.75) is 6.54 Å². The molecule has 0 aliphatic rings. The van der Waals surface area contributed by atoms with Crippen molar-refractivity contribution in [3.63, 3.8) is 0 Å². The molecule has 7 nitrogen and oxygen atoms in total. The van der Waals surface area contributed by atoms with E-state index in [2.05, 4.69) is 15.4 Å². The number of carbonyl (C=O) groups excluding carboxylic acids is 1. The minimum Gasteiger partial charge on any atom is -0.497 e. The molecule has 0 aliphatic carbocycles. The predicted molar refractivity (Wildman–Crippen MR) is 93.4 cm³/mol. The van der Waals surface area contributed by atoms with Crippen LogP contribution in [0.3, 0.4) is 0 Å². The number of nitrogens with one attached hydrogen (secondary N) is 1. The summed E-state index contributed by atoms with van der Waals surface area (Å²) in [6.07, 6.45) is 3.28. The Morgan fingerprint density at radius 1 is 1.16 bits per heavy atom. The van der Waals surface area contributed by atoms with Crippen LogP contribution in [-0.4, -0.2) is 27.8 Å². The molecule has 0 unspecified atom stereocenters. The second kappa shape index (κ2) is 7.39. The van der Waals surface area contributed by atoms with E-state index in [1.54, 1.807) is 62.0 Å². The number of amides is 1. The minimum atomic E-state index is -0.352. The standard InChI is InChI=1S/C18H16N4O3/c1-25-15-4-2-3-14(11-15)20-17(23)12-22-18(24)6-5-16(21-22)13-7-9-19-10-8-13/h2-11H,12H2,1H3,(H,20,23). The summed E-state index contributed by atoms with van der Waals surface area (Å²) in [5, 5.41) is 6.97. The summed E-state index contributed by atoms with van der Waals surface area (Å²) in [5.41, 5.74) is 1.65. The van der Waals surface area contributed by atoms with Crippen LogP contribution in [0.1, 0.15) is 0 Å². The maximum Gasteiger partial charge on any atom is 0.267 e. The summed E-state index contributed by atoms with van der Waals surface area (Å²) in [6.45, 7) is -0.186. The number of rotatable bonds is 5. The fraction of sp³-hybridized carbons (Fsp3) is 0.111. The van der Waals surface area contributed by atoms with Crippen molar-refractivity contribution < 1.29 is 9.53 Å². The SMILES string of the molecule is COc1cccc(NC(=O)Cn2nc(-c3ccncc3)ccc2=O)c1. The van der Waals surface area contributed by atoms with Crippen LogP contribution in [0.4, 0.5) is 5.69 Å². The van der Waals surface area contributed by atoms with Gasteiger partial charge in [-0.05, 0) is 30.3 Å². The van der Waals surface area contributed by atoms with Crippen molar-refractivity contribution >= 4 is 11.6 Å². The largest absolute Gasteiger partial charge is 0.497 e. The van der Waals surface area contributed by atoms with E-state index < -0.39 is 0 Å². The van der Waals surface area contributed by atoms with E-state index in [1.807, 2.05) is 0 Å². The smallest absolute Gasteiger partial charge is 0.267 e. The third-order valence-electron chi connectivity index (χ3n) is 3.49. The summed E-state index contributed by atoms with van der Waals surface area (Å²) in [6, 6.07) is 13.6. The van der Waals surface area contributed by atoms with E-state index in [0.717, 1.165) is 10.2 Å². The van der Waals surface area contributed by atoms with Crippen LogP contribution in [0.5, 0.6) is 5.75 Å². The van der Waals surface area contributed by atoms with Gasteiger partial charge in [0.2, 0.25) is 5.91 Å². The van der Waals surface area contributed by atoms with Gasteiger partial charge in [-0.2, -0.15) is 5.10 Å². The van der Waals surface area contributed by atoms with Crippen LogP contribution in [0.25, 0.3) is 11.3 Å². The molecule has 0 saturated heterocycles. The molecule has 25 heavy (non-hydrogen) atoms. The highest BCUT2D eigenvalue weighted by atomic mass is 16.5. The van der Waals surface area contributed by atoms with E-state index >= 15 is 0 Å². The van der Waals surface area contributed by atoms with Gasteiger partial charge in [0, 0.05) is 35.8 Å². The molecule has 0 aliphatic heterocycles. The van der Waals surface area contributed by atoms with Gasteiger partial charge in [0.25, 0.3) is 5.56 Å². The molecule has 1 N–H and O–H groups in total. The third kappa shape index (κ3) is 4.08. The Kier molecular flexibility index (Phi) is 4.84. The van der Waals surface area contributed by atoms with Crippen molar-refractivity contribution in [2.75, 3.05) is 12.4 Å². The van der Waals surface area contributed by atoms with Crippen molar-refractivity contribution in [2.24, 2.45) is 0 Å². The first-order valence-electron chi connectivity index (χ1n) is 7.58. The summed E-state index contributed by atoms with van der Waals surface area (Å²) in [4.78, 5) is 28.1. The lowest BCUT2D eigenvalue weighted by Gasteiger charge is -2.09. The molecular formula is C18H16N4O3. The van der Waals surface area contributed by atoms with Crippen LogP contribution in [-0.2, 0) is 11.3 Å². The zero-order chi connectivity index (χ0) is 17.6. The van der Waals surface area contributed by atoms with Gasteiger partial charge in [-0.15, -0.1) is 0 Å². The lowest BCUT2D eigenvalue weighted by molar-refractivity contribution is -0.117. The highest BCUT2D eigenvalue weighted by Crippen LogP contribution is 2.17. The van der Waals surface area contributed by atoms with E-state index in [-0.39, 0.29) is 18.0 Å². The van der Waals surface area contributed by atoms with Gasteiger partial charge < -0.3 is 10.1 Å². The van der Waals surface area contributed by atoms with Crippen molar-refractivity contribution in [1.29, 1.82) is 0 Å². The second-order valence-corrected chi connectivity index (χ2v) is 5.23. The van der Waals surface area contributed by atoms with Crippen molar-refractivity contribution in [3.05, 3.63) is 71.3 Å². The zero-order valence-electron chi connectivity index (χ0n) is 13.5. The fourth-order valence-electron chi connectivity index (χ4n) is 2.28. The molecular weight excluding hydrogens is 320 g/mol. The Labute approximate surface area is 143 Å². The van der Waals surface area contributed by atoms with Gasteiger partial charge in [0.1, 0.15) is 12.3 Å². The molecule has 0 bridgehead atoms. The Bertz CT molecular complexity index is 938. The molecule has 1 amide bonds. The molecule has 1 aromatic carbocycles. The number of ether oxygens (including phenoxy) is 1. The first-order chi connectivity index (χ1) is 12.2. The first kappa shape index (κ1) is 16.4. The maximum absolute atomic E-state index is 12.2. The molecule has 3 rings (SSSR count). The monoisotopic (exact) mass is 336 g/mol. The molecule has 2 aromatic heterocycles. The molecule has 0 radical (unpaired) electrons. The van der Waals surface area contributed by atoms with Gasteiger partial charge >= 0.3 is 0 Å². The second-order valence-electron chi connectivity index (χ2n) is 5.23. The fourth-order valence-corrected chi connectivity index (χ4v) is 2.28. The minimum absolute atomic E-state index is 0.186. The summed E-state index contributed by atoms with van der Waals surface area (Å²) < 4.78 is 6.24. The van der Waals surface area contributed by atoms with Gasteiger partial charge in [0.15, 0.2) is 0 Å². The predicted octanol–water partition coefficient (Wildman–Crippen LogP) is 1.95. The van der Waals surface area contributed by atoms with Crippen LogP contribution in [0.15, 0.2) is 65.7 Å². The zero-order valence-corrected chi connectivity index (χ0v) is 13.5. The molecule has 7 heteroatoms. The van der Waals surface area contributed by atoms with Crippen LogP contribution in [0.2, 0.25) is 0 Å². The van der Waals surface area contributed by atoms with Crippen molar-refractivity contribution in [1.82, 2.24) is 14.8 Å². The average Bonchev–Trinajstić information content (AvgIpc) is 2.64. The van der Waals surface area contributed by atoms with Crippen LogP contribution < -0.4 is 15.6 Å². The first-order valence-corrected chi connectivity index (χ1v) is 7.58. The number of hydrogen-bond donors (Lipinski definition) is 1. The lowest BCUT2D eigenvalue weighted by atomic mass is 10.2. The number of aromatic nitrogens is 3. The number of pyridine rings is 1. The molecule has 3 aromatic rings. The third-order valence-corrected chi connectivity index (χ3v) is 3.49. The topological polar surface area (TPSA) is 86.1 Å². The Balaban J connectivity index is 1.78. The van der Waals surface area contributed by atoms with Gasteiger partial charge in [-0.3, -0.25) is 14.6 Å². The Morgan fingerprint density at radius 2 is 1.96 bits per heavy atom. The van der Waals surface area contributed by atoms with Gasteiger partial charge in [0.05, 0.1) is 12.8 Å². The highest BCUT2D eigenvalue weighted by molar-refractivity contribution is 5.90. The number of hydrogen-bond acceptors (Lipinski definition) is 5. The van der Waals surface area contributed by atoms with E-state index in [0.29, 0.717) is 17.1 Å². The summed E-state index contributed by atoms with van der Waals surface area (Å²) >= 11 is 0. The number of methoxy groups -OCH3 is 1. The average molecular weight is 336 g/mol. The molecule has 0 fully saturated rings.